The largest absolute Gasteiger partial charge is 0.289 e. The summed E-state index contributed by atoms with van der Waals surface area (Å²) in [5.74, 6) is -0.0322. The molecular formula is C26H21NO. The highest BCUT2D eigenvalue weighted by molar-refractivity contribution is 6.16. The zero-order chi connectivity index (χ0) is 19.5. The summed E-state index contributed by atoms with van der Waals surface area (Å²) in [6.07, 6.45) is 3.51. The van der Waals surface area contributed by atoms with Crippen LogP contribution in [0.5, 0.6) is 0 Å². The first-order valence-corrected chi connectivity index (χ1v) is 9.37. The van der Waals surface area contributed by atoms with Crippen LogP contribution in [0.15, 0.2) is 84.9 Å². The van der Waals surface area contributed by atoms with Crippen molar-refractivity contribution in [2.45, 2.75) is 13.8 Å². The van der Waals surface area contributed by atoms with Crippen molar-refractivity contribution < 1.29 is 4.79 Å². The predicted octanol–water partition coefficient (Wildman–Crippen LogP) is 6.41. The van der Waals surface area contributed by atoms with Crippen LogP contribution in [-0.2, 0) is 0 Å². The molecule has 2 nitrogen and oxygen atoms in total. The van der Waals surface area contributed by atoms with E-state index in [9.17, 15) is 4.79 Å². The number of carbonyl (C=O) groups is 1. The number of aromatic nitrogens is 1. The normalized spacial score (nSPS) is 11.2. The molecule has 0 fully saturated rings. The molecule has 0 radical (unpaired) electrons. The first-order valence-electron chi connectivity index (χ1n) is 9.37. The van der Waals surface area contributed by atoms with Gasteiger partial charge < -0.3 is 0 Å². The van der Waals surface area contributed by atoms with Crippen molar-refractivity contribution in [2.75, 3.05) is 0 Å². The van der Waals surface area contributed by atoms with Crippen LogP contribution in [0.1, 0.15) is 27.2 Å². The van der Waals surface area contributed by atoms with E-state index in [0.29, 0.717) is 5.56 Å². The van der Waals surface area contributed by atoms with E-state index in [0.717, 1.165) is 33.3 Å². The van der Waals surface area contributed by atoms with Gasteiger partial charge in [-0.15, -0.1) is 0 Å². The predicted molar refractivity (Wildman–Crippen MR) is 116 cm³/mol. The molecule has 2 heteroatoms. The Bertz CT molecular complexity index is 1170. The maximum Gasteiger partial charge on any atom is 0.188 e. The summed E-state index contributed by atoms with van der Waals surface area (Å²) < 4.78 is 0. The lowest BCUT2D eigenvalue weighted by molar-refractivity contribution is 0.104. The van der Waals surface area contributed by atoms with Crippen LogP contribution < -0.4 is 0 Å². The van der Waals surface area contributed by atoms with Gasteiger partial charge >= 0.3 is 0 Å². The van der Waals surface area contributed by atoms with Gasteiger partial charge in [0.25, 0.3) is 0 Å². The molecule has 0 aliphatic rings. The van der Waals surface area contributed by atoms with E-state index in [1.807, 2.05) is 91.9 Å². The SMILES string of the molecule is Cc1ccc(C=CC(=O)c2c(C)nc3ccccc3c2-c2ccccc2)cc1. The van der Waals surface area contributed by atoms with Gasteiger partial charge in [0.05, 0.1) is 11.1 Å². The summed E-state index contributed by atoms with van der Waals surface area (Å²) in [7, 11) is 0. The van der Waals surface area contributed by atoms with E-state index < -0.39 is 0 Å². The second kappa shape index (κ2) is 7.61. The van der Waals surface area contributed by atoms with Crippen LogP contribution in [0.2, 0.25) is 0 Å². The zero-order valence-corrected chi connectivity index (χ0v) is 16.0. The zero-order valence-electron chi connectivity index (χ0n) is 16.0. The topological polar surface area (TPSA) is 30.0 Å². The van der Waals surface area contributed by atoms with Crippen LogP contribution in [0.25, 0.3) is 28.1 Å². The molecule has 0 spiro atoms. The lowest BCUT2D eigenvalue weighted by atomic mass is 9.92. The average molecular weight is 363 g/mol. The lowest BCUT2D eigenvalue weighted by Gasteiger charge is -2.14. The Labute approximate surface area is 165 Å². The smallest absolute Gasteiger partial charge is 0.188 e. The summed E-state index contributed by atoms with van der Waals surface area (Å²) >= 11 is 0. The number of nitrogens with zero attached hydrogens (tertiary/aromatic N) is 1. The molecule has 0 saturated heterocycles. The van der Waals surface area contributed by atoms with Crippen molar-refractivity contribution in [1.82, 2.24) is 4.98 Å². The van der Waals surface area contributed by atoms with Crippen molar-refractivity contribution >= 4 is 22.8 Å². The van der Waals surface area contributed by atoms with Crippen LogP contribution >= 0.6 is 0 Å². The summed E-state index contributed by atoms with van der Waals surface area (Å²) in [5.41, 5.74) is 6.48. The maximum atomic E-state index is 13.2. The summed E-state index contributed by atoms with van der Waals surface area (Å²) in [6.45, 7) is 3.96. The number of benzene rings is 3. The fourth-order valence-corrected chi connectivity index (χ4v) is 3.47. The molecule has 0 unspecified atom stereocenters. The van der Waals surface area contributed by atoms with Crippen LogP contribution in [-0.4, -0.2) is 10.8 Å². The Kier molecular flexibility index (Phi) is 4.86. The van der Waals surface area contributed by atoms with Crippen LogP contribution in [0.4, 0.5) is 0 Å². The highest BCUT2D eigenvalue weighted by atomic mass is 16.1. The maximum absolute atomic E-state index is 13.2. The molecule has 0 amide bonds. The number of rotatable bonds is 4. The van der Waals surface area contributed by atoms with Gasteiger partial charge in [-0.25, -0.2) is 0 Å². The summed E-state index contributed by atoms with van der Waals surface area (Å²) in [5, 5.41) is 0.992. The molecule has 0 N–H and O–H groups in total. The standard InChI is InChI=1S/C26H21NO/c1-18-12-14-20(15-13-18)16-17-24(28)25-19(2)27-23-11-7-6-10-22(23)26(25)21-8-4-3-5-9-21/h3-17H,1-2H3. The Morgan fingerprint density at radius 1 is 0.821 bits per heavy atom. The Morgan fingerprint density at radius 3 is 2.25 bits per heavy atom. The number of hydrogen-bond acceptors (Lipinski definition) is 2. The lowest BCUT2D eigenvalue weighted by Crippen LogP contribution is -2.05. The number of allylic oxidation sites excluding steroid dienone is 1. The molecule has 4 rings (SSSR count). The quantitative estimate of drug-likeness (QED) is 0.309. The molecule has 0 atom stereocenters. The van der Waals surface area contributed by atoms with Gasteiger partial charge in [0.2, 0.25) is 0 Å². The van der Waals surface area contributed by atoms with E-state index >= 15 is 0 Å². The third-order valence-electron chi connectivity index (χ3n) is 4.89. The number of fused-ring (bicyclic) bond motifs is 1. The fraction of sp³-hybridized carbons (Fsp3) is 0.0769. The molecule has 0 saturated carbocycles. The molecule has 1 aromatic heterocycles. The first-order chi connectivity index (χ1) is 13.6. The van der Waals surface area contributed by atoms with E-state index in [-0.39, 0.29) is 5.78 Å². The molecule has 3 aromatic carbocycles. The minimum atomic E-state index is -0.0322. The van der Waals surface area contributed by atoms with Gasteiger partial charge in [0, 0.05) is 16.6 Å². The van der Waals surface area contributed by atoms with Gasteiger partial charge in [0.15, 0.2) is 5.78 Å². The number of pyridine rings is 1. The van der Waals surface area contributed by atoms with Gasteiger partial charge in [-0.1, -0.05) is 84.4 Å². The molecule has 0 aliphatic heterocycles. The molecule has 0 bridgehead atoms. The Balaban J connectivity index is 1.87. The van der Waals surface area contributed by atoms with Crippen LogP contribution in [0.3, 0.4) is 0 Å². The molecule has 0 aliphatic carbocycles. The number of ketones is 1. The third-order valence-corrected chi connectivity index (χ3v) is 4.89. The van der Waals surface area contributed by atoms with E-state index in [2.05, 4.69) is 6.92 Å². The fourth-order valence-electron chi connectivity index (χ4n) is 3.47. The highest BCUT2D eigenvalue weighted by Crippen LogP contribution is 2.33. The minimum absolute atomic E-state index is 0.0322. The Hall–Kier alpha value is -3.52. The van der Waals surface area contributed by atoms with Crippen molar-refractivity contribution in [3.8, 4) is 11.1 Å². The van der Waals surface area contributed by atoms with Gasteiger partial charge in [-0.2, -0.15) is 0 Å². The van der Waals surface area contributed by atoms with E-state index in [4.69, 9.17) is 4.98 Å². The molecule has 1 heterocycles. The summed E-state index contributed by atoms with van der Waals surface area (Å²) in [6, 6.07) is 26.2. The Morgan fingerprint density at radius 2 is 1.50 bits per heavy atom. The molecule has 28 heavy (non-hydrogen) atoms. The number of para-hydroxylation sites is 1. The molecule has 136 valence electrons. The first kappa shape index (κ1) is 17.9. The highest BCUT2D eigenvalue weighted by Gasteiger charge is 2.18. The molecule has 4 aromatic rings. The van der Waals surface area contributed by atoms with E-state index in [1.54, 1.807) is 6.08 Å². The van der Waals surface area contributed by atoms with Crippen molar-refractivity contribution in [2.24, 2.45) is 0 Å². The van der Waals surface area contributed by atoms with Crippen LogP contribution in [0, 0.1) is 13.8 Å². The minimum Gasteiger partial charge on any atom is -0.289 e. The van der Waals surface area contributed by atoms with Gasteiger partial charge in [-0.05, 0) is 37.1 Å². The second-order valence-electron chi connectivity index (χ2n) is 6.94. The summed E-state index contributed by atoms with van der Waals surface area (Å²) in [4.78, 5) is 17.9. The second-order valence-corrected chi connectivity index (χ2v) is 6.94. The van der Waals surface area contributed by atoms with Crippen molar-refractivity contribution in [3.05, 3.63) is 107 Å². The monoisotopic (exact) mass is 363 g/mol. The number of aryl methyl sites for hydroxylation is 2. The average Bonchev–Trinajstić information content (AvgIpc) is 2.72. The van der Waals surface area contributed by atoms with Gasteiger partial charge in [-0.3, -0.25) is 9.78 Å². The molecular weight excluding hydrogens is 342 g/mol. The number of hydrogen-bond donors (Lipinski definition) is 0. The van der Waals surface area contributed by atoms with Gasteiger partial charge in [0.1, 0.15) is 0 Å². The van der Waals surface area contributed by atoms with Crippen molar-refractivity contribution in [3.63, 3.8) is 0 Å². The third kappa shape index (κ3) is 3.49. The van der Waals surface area contributed by atoms with Crippen molar-refractivity contribution in [1.29, 1.82) is 0 Å². The van der Waals surface area contributed by atoms with E-state index in [1.165, 1.54) is 5.56 Å². The number of carbonyl (C=O) groups excluding carboxylic acids is 1.